The molecule has 0 aliphatic rings. The Morgan fingerprint density at radius 3 is 1.26 bits per heavy atom. The molecule has 7 aromatic carbocycles. The predicted octanol–water partition coefficient (Wildman–Crippen LogP) is 12.3. The molecule has 0 aliphatic carbocycles. The monoisotopic (exact) mass is 641 g/mol. The lowest BCUT2D eigenvalue weighted by Crippen LogP contribution is -2.33. The number of fused-ring (bicyclic) bond motifs is 2. The maximum atomic E-state index is 14.3. The Balaban J connectivity index is 1.38. The minimum atomic E-state index is -5.73. The Morgan fingerprint density at radius 2 is 0.872 bits per heavy atom. The summed E-state index contributed by atoms with van der Waals surface area (Å²) in [5.74, 6) is -5.00. The van der Waals surface area contributed by atoms with Gasteiger partial charge in [0.2, 0.25) is 0 Å². The van der Waals surface area contributed by atoms with Crippen molar-refractivity contribution in [3.05, 3.63) is 127 Å². The third-order valence-corrected chi connectivity index (χ3v) is 8.81. The van der Waals surface area contributed by atoms with Gasteiger partial charge < -0.3 is 0 Å². The van der Waals surface area contributed by atoms with Crippen LogP contribution in [0.4, 0.5) is 35.1 Å². The van der Waals surface area contributed by atoms with Gasteiger partial charge in [0.25, 0.3) is 0 Å². The molecule has 0 atom stereocenters. The lowest BCUT2D eigenvalue weighted by atomic mass is 9.84. The van der Waals surface area contributed by atoms with Gasteiger partial charge in [-0.2, -0.15) is 35.1 Å². The van der Waals surface area contributed by atoms with Crippen molar-refractivity contribution in [2.75, 3.05) is 0 Å². The Labute approximate surface area is 261 Å². The van der Waals surface area contributed by atoms with Gasteiger partial charge in [0.15, 0.2) is 0 Å². The van der Waals surface area contributed by atoms with Crippen LogP contribution >= 0.6 is 0 Å². The first-order valence-corrected chi connectivity index (χ1v) is 14.5. The normalized spacial score (nSPS) is 13.1. The summed E-state index contributed by atoms with van der Waals surface area (Å²) < 4.78 is 108. The molecule has 0 bridgehead atoms. The van der Waals surface area contributed by atoms with Gasteiger partial charge in [0.05, 0.1) is 0 Å². The fraction of sp³-hybridized carbons (Fsp3) is 0.0789. The molecule has 0 saturated heterocycles. The van der Waals surface area contributed by atoms with Crippen LogP contribution in [0.25, 0.3) is 76.1 Å². The first kappa shape index (κ1) is 29.1. The van der Waals surface area contributed by atoms with Gasteiger partial charge in [-0.1, -0.05) is 78.9 Å². The average molecular weight is 642 g/mol. The highest BCUT2D eigenvalue weighted by molar-refractivity contribution is 6.26. The van der Waals surface area contributed by atoms with Crippen LogP contribution in [-0.2, 0) is 12.1 Å². The third-order valence-electron chi connectivity index (χ3n) is 8.81. The van der Waals surface area contributed by atoms with E-state index in [1.165, 1.54) is 12.3 Å². The van der Waals surface area contributed by atoms with E-state index in [0.717, 1.165) is 72.6 Å². The molecule has 1 nitrogen and oxygen atoms in total. The van der Waals surface area contributed by atoms with Gasteiger partial charge in [-0.15, -0.1) is 0 Å². The minimum Gasteiger partial charge on any atom is -0.251 e. The molecule has 0 radical (unpaired) electrons. The van der Waals surface area contributed by atoms with Gasteiger partial charge in [0, 0.05) is 17.3 Å². The number of hydrogen-bond donors (Lipinski definition) is 0. The second-order valence-electron chi connectivity index (χ2n) is 11.6. The zero-order valence-corrected chi connectivity index (χ0v) is 23.9. The summed E-state index contributed by atoms with van der Waals surface area (Å²) >= 11 is 0. The van der Waals surface area contributed by atoms with Gasteiger partial charge in [-0.25, -0.2) is 0 Å². The van der Waals surface area contributed by atoms with E-state index in [1.54, 1.807) is 24.3 Å². The zero-order chi connectivity index (χ0) is 32.9. The number of benzene rings is 7. The molecule has 0 spiro atoms. The van der Waals surface area contributed by atoms with E-state index in [2.05, 4.69) is 4.98 Å². The van der Waals surface area contributed by atoms with Crippen LogP contribution in [0.15, 0.2) is 115 Å². The maximum Gasteiger partial charge on any atom is 0.458 e. The molecule has 8 aromatic rings. The second-order valence-corrected chi connectivity index (χ2v) is 11.6. The van der Waals surface area contributed by atoms with Crippen LogP contribution in [0.5, 0.6) is 0 Å². The van der Waals surface area contributed by atoms with Crippen molar-refractivity contribution in [2.24, 2.45) is 0 Å². The fourth-order valence-electron chi connectivity index (χ4n) is 6.79. The number of pyridine rings is 1. The molecule has 0 fully saturated rings. The molecule has 232 valence electrons. The molecular formula is C38H19F8N. The van der Waals surface area contributed by atoms with E-state index in [1.807, 2.05) is 60.7 Å². The number of alkyl halides is 8. The SMILES string of the molecule is FC(F)(F)c1ccc(-c2c3ccccc3c(-c3cc4ccc5cc(C(F)(F)C(F)(F)F)cc6ccc(c3)c4c56)c3ccccc23)cn1. The van der Waals surface area contributed by atoms with Gasteiger partial charge in [-0.3, -0.25) is 4.98 Å². The van der Waals surface area contributed by atoms with Crippen molar-refractivity contribution in [3.8, 4) is 22.3 Å². The Hall–Kier alpha value is -5.31. The lowest BCUT2D eigenvalue weighted by molar-refractivity contribution is -0.289. The molecule has 47 heavy (non-hydrogen) atoms. The molecule has 8 rings (SSSR count). The summed E-state index contributed by atoms with van der Waals surface area (Å²) in [4.78, 5) is 3.71. The number of rotatable bonds is 3. The van der Waals surface area contributed by atoms with E-state index in [0.29, 0.717) is 10.9 Å². The average Bonchev–Trinajstić information content (AvgIpc) is 3.04. The van der Waals surface area contributed by atoms with E-state index in [9.17, 15) is 35.1 Å². The summed E-state index contributed by atoms with van der Waals surface area (Å²) in [6, 6.07) is 29.9. The number of aromatic nitrogens is 1. The number of halogens is 8. The molecule has 1 aromatic heterocycles. The highest BCUT2D eigenvalue weighted by Crippen LogP contribution is 2.48. The van der Waals surface area contributed by atoms with Crippen molar-refractivity contribution >= 4 is 53.9 Å². The number of nitrogens with zero attached hydrogens (tertiary/aromatic N) is 1. The van der Waals surface area contributed by atoms with E-state index >= 15 is 0 Å². The largest absolute Gasteiger partial charge is 0.458 e. The second kappa shape index (κ2) is 9.84. The smallest absolute Gasteiger partial charge is 0.251 e. The van der Waals surface area contributed by atoms with Crippen molar-refractivity contribution < 1.29 is 35.1 Å². The maximum absolute atomic E-state index is 14.3. The molecule has 0 N–H and O–H groups in total. The summed E-state index contributed by atoms with van der Waals surface area (Å²) in [5, 5.41) is 6.76. The van der Waals surface area contributed by atoms with Gasteiger partial charge in [-0.05, 0) is 101 Å². The minimum absolute atomic E-state index is 0.276. The summed E-state index contributed by atoms with van der Waals surface area (Å²) in [6.45, 7) is 0. The highest BCUT2D eigenvalue weighted by atomic mass is 19.4. The fourth-order valence-corrected chi connectivity index (χ4v) is 6.79. The number of hydrogen-bond acceptors (Lipinski definition) is 1. The first-order valence-electron chi connectivity index (χ1n) is 14.5. The molecule has 0 amide bonds. The van der Waals surface area contributed by atoms with Crippen LogP contribution in [0.2, 0.25) is 0 Å². The van der Waals surface area contributed by atoms with E-state index in [4.69, 9.17) is 0 Å². The van der Waals surface area contributed by atoms with E-state index < -0.39 is 29.5 Å². The molecular weight excluding hydrogens is 622 g/mol. The Morgan fingerprint density at radius 1 is 0.447 bits per heavy atom. The van der Waals surface area contributed by atoms with Gasteiger partial charge >= 0.3 is 18.3 Å². The van der Waals surface area contributed by atoms with Crippen LogP contribution in [-0.4, -0.2) is 11.2 Å². The van der Waals surface area contributed by atoms with Crippen LogP contribution in [0.1, 0.15) is 11.3 Å². The van der Waals surface area contributed by atoms with Gasteiger partial charge in [0.1, 0.15) is 5.69 Å². The Bertz CT molecular complexity index is 2390. The van der Waals surface area contributed by atoms with Crippen molar-refractivity contribution in [1.82, 2.24) is 4.98 Å². The molecule has 0 aliphatic heterocycles. The summed E-state index contributed by atoms with van der Waals surface area (Å²) in [5.41, 5.74) is 0.902. The third kappa shape index (κ3) is 4.40. The van der Waals surface area contributed by atoms with Crippen molar-refractivity contribution in [2.45, 2.75) is 18.3 Å². The summed E-state index contributed by atoms with van der Waals surface area (Å²) in [6.07, 6.45) is -9.06. The zero-order valence-electron chi connectivity index (χ0n) is 23.9. The highest BCUT2D eigenvalue weighted by Gasteiger charge is 2.58. The first-order chi connectivity index (χ1) is 22.3. The van der Waals surface area contributed by atoms with Crippen LogP contribution in [0, 0.1) is 0 Å². The predicted molar refractivity (Wildman–Crippen MR) is 169 cm³/mol. The molecule has 0 saturated carbocycles. The van der Waals surface area contributed by atoms with Crippen molar-refractivity contribution in [1.29, 1.82) is 0 Å². The van der Waals surface area contributed by atoms with E-state index in [-0.39, 0.29) is 10.8 Å². The van der Waals surface area contributed by atoms with Crippen LogP contribution in [0.3, 0.4) is 0 Å². The standard InChI is InChI=1S/C38H19F8N/c39-36(40,38(44,45)46)26-17-22-11-9-20-15-25(16-21-10-12-23(18-26)33(22)32(20)21)35-29-7-3-1-5-27(29)34(28-6-2-4-8-30(28)35)24-13-14-31(47-19-24)37(41,42)43/h1-19H. The summed E-state index contributed by atoms with van der Waals surface area (Å²) in [7, 11) is 0. The molecule has 0 unspecified atom stereocenters. The Kier molecular flexibility index (Phi) is 6.10. The molecule has 9 heteroatoms. The lowest BCUT2D eigenvalue weighted by Gasteiger charge is -2.22. The topological polar surface area (TPSA) is 12.9 Å². The molecule has 1 heterocycles. The quantitative estimate of drug-likeness (QED) is 0.106. The van der Waals surface area contributed by atoms with Crippen molar-refractivity contribution in [3.63, 3.8) is 0 Å². The van der Waals surface area contributed by atoms with Crippen LogP contribution < -0.4 is 0 Å².